The summed E-state index contributed by atoms with van der Waals surface area (Å²) in [6.45, 7) is 15.0. The van der Waals surface area contributed by atoms with Crippen LogP contribution in [-0.4, -0.2) is 20.1 Å². The van der Waals surface area contributed by atoms with Crippen LogP contribution in [0.1, 0.15) is 61.3 Å². The first-order chi connectivity index (χ1) is 15.9. The highest BCUT2D eigenvalue weighted by molar-refractivity contribution is 6.30. The second kappa shape index (κ2) is 10.4. The fourth-order valence-corrected chi connectivity index (χ4v) is 6.06. The number of aryl methyl sites for hydroxylation is 1. The SMILES string of the molecule is C=CC(C)C1CCC1CN1CC(c2ccc(Cl)cc2CCC)Cc2ccc(C(=C)NC)cc21. The normalized spacial score (nSPS) is 22.8. The van der Waals surface area contributed by atoms with Gasteiger partial charge in [-0.1, -0.05) is 62.7 Å². The van der Waals surface area contributed by atoms with E-state index in [9.17, 15) is 0 Å². The highest BCUT2D eigenvalue weighted by atomic mass is 35.5. The molecule has 2 aromatic carbocycles. The number of hydrogen-bond donors (Lipinski definition) is 1. The Morgan fingerprint density at radius 3 is 2.73 bits per heavy atom. The maximum atomic E-state index is 6.38. The van der Waals surface area contributed by atoms with Crippen LogP contribution in [0.25, 0.3) is 5.70 Å². The molecule has 0 bridgehead atoms. The van der Waals surface area contributed by atoms with Gasteiger partial charge in [-0.2, -0.15) is 0 Å². The fourth-order valence-electron chi connectivity index (χ4n) is 5.87. The molecule has 3 heteroatoms. The van der Waals surface area contributed by atoms with E-state index in [1.54, 1.807) is 0 Å². The van der Waals surface area contributed by atoms with Crippen molar-refractivity contribution in [3.8, 4) is 0 Å². The molecule has 1 heterocycles. The van der Waals surface area contributed by atoms with E-state index < -0.39 is 0 Å². The van der Waals surface area contributed by atoms with Crippen molar-refractivity contribution in [1.82, 2.24) is 5.32 Å². The average Bonchev–Trinajstić information content (AvgIpc) is 2.80. The van der Waals surface area contributed by atoms with E-state index >= 15 is 0 Å². The van der Waals surface area contributed by atoms with E-state index in [4.69, 9.17) is 11.6 Å². The monoisotopic (exact) mass is 462 g/mol. The fraction of sp³-hybridized carbons (Fsp3) is 0.467. The maximum absolute atomic E-state index is 6.38. The van der Waals surface area contributed by atoms with Gasteiger partial charge in [-0.3, -0.25) is 0 Å². The van der Waals surface area contributed by atoms with Crippen molar-refractivity contribution in [2.45, 2.75) is 51.9 Å². The van der Waals surface area contributed by atoms with Gasteiger partial charge in [0.25, 0.3) is 0 Å². The van der Waals surface area contributed by atoms with Crippen LogP contribution in [-0.2, 0) is 12.8 Å². The zero-order valence-electron chi connectivity index (χ0n) is 20.5. The van der Waals surface area contributed by atoms with E-state index in [-0.39, 0.29) is 0 Å². The molecule has 1 saturated carbocycles. The van der Waals surface area contributed by atoms with Gasteiger partial charge < -0.3 is 10.2 Å². The van der Waals surface area contributed by atoms with Crippen LogP contribution in [0.3, 0.4) is 0 Å². The van der Waals surface area contributed by atoms with Gasteiger partial charge >= 0.3 is 0 Å². The summed E-state index contributed by atoms with van der Waals surface area (Å²) in [6.07, 6.45) is 8.10. The first-order valence-electron chi connectivity index (χ1n) is 12.6. The molecule has 176 valence electrons. The molecule has 0 radical (unpaired) electrons. The Morgan fingerprint density at radius 2 is 2.06 bits per heavy atom. The molecular formula is C30H39ClN2. The van der Waals surface area contributed by atoms with Crippen molar-refractivity contribution in [3.63, 3.8) is 0 Å². The van der Waals surface area contributed by atoms with Crippen LogP contribution in [0.15, 0.2) is 55.6 Å². The average molecular weight is 463 g/mol. The second-order valence-corrected chi connectivity index (χ2v) is 10.5. The van der Waals surface area contributed by atoms with E-state index in [0.29, 0.717) is 11.8 Å². The van der Waals surface area contributed by atoms with E-state index in [1.807, 2.05) is 7.05 Å². The number of allylic oxidation sites excluding steroid dienone is 1. The number of nitrogens with one attached hydrogen (secondary N) is 1. The zero-order chi connectivity index (χ0) is 23.5. The van der Waals surface area contributed by atoms with Gasteiger partial charge in [0.1, 0.15) is 0 Å². The molecule has 1 aliphatic carbocycles. The molecule has 4 unspecified atom stereocenters. The predicted octanol–water partition coefficient (Wildman–Crippen LogP) is 7.48. The van der Waals surface area contributed by atoms with Gasteiger partial charge in [-0.05, 0) is 83.9 Å². The Morgan fingerprint density at radius 1 is 1.24 bits per heavy atom. The van der Waals surface area contributed by atoms with Crippen LogP contribution in [0, 0.1) is 17.8 Å². The zero-order valence-corrected chi connectivity index (χ0v) is 21.3. The summed E-state index contributed by atoms with van der Waals surface area (Å²) in [5.41, 5.74) is 7.89. The van der Waals surface area contributed by atoms with Crippen LogP contribution in [0.5, 0.6) is 0 Å². The largest absolute Gasteiger partial charge is 0.388 e. The Kier molecular flexibility index (Phi) is 7.54. The topological polar surface area (TPSA) is 15.3 Å². The molecule has 4 rings (SSSR count). The lowest BCUT2D eigenvalue weighted by atomic mass is 9.67. The molecule has 2 nitrogen and oxygen atoms in total. The molecule has 1 N–H and O–H groups in total. The number of halogens is 1. The number of fused-ring (bicyclic) bond motifs is 1. The number of nitrogens with zero attached hydrogens (tertiary/aromatic N) is 1. The first-order valence-corrected chi connectivity index (χ1v) is 13.0. The van der Waals surface area contributed by atoms with E-state index in [1.165, 1.54) is 40.8 Å². The van der Waals surface area contributed by atoms with Gasteiger partial charge in [-0.25, -0.2) is 0 Å². The summed E-state index contributed by atoms with van der Waals surface area (Å²) in [6, 6.07) is 13.4. The van der Waals surface area contributed by atoms with Crippen molar-refractivity contribution in [2.75, 3.05) is 25.0 Å². The molecule has 4 atom stereocenters. The van der Waals surface area contributed by atoms with Crippen LogP contribution >= 0.6 is 11.6 Å². The molecule has 1 fully saturated rings. The summed E-state index contributed by atoms with van der Waals surface area (Å²) in [5, 5.41) is 4.07. The van der Waals surface area contributed by atoms with Gasteiger partial charge in [0.05, 0.1) is 0 Å². The highest BCUT2D eigenvalue weighted by Gasteiger charge is 2.37. The highest BCUT2D eigenvalue weighted by Crippen LogP contribution is 2.44. The lowest BCUT2D eigenvalue weighted by Crippen LogP contribution is -2.44. The third kappa shape index (κ3) is 5.01. The number of hydrogen-bond acceptors (Lipinski definition) is 2. The lowest BCUT2D eigenvalue weighted by molar-refractivity contribution is 0.139. The Bertz CT molecular complexity index is 1010. The smallest absolute Gasteiger partial charge is 0.0408 e. The summed E-state index contributed by atoms with van der Waals surface area (Å²) < 4.78 is 0. The lowest BCUT2D eigenvalue weighted by Gasteiger charge is -2.46. The summed E-state index contributed by atoms with van der Waals surface area (Å²) in [5.74, 6) is 2.57. The van der Waals surface area contributed by atoms with Gasteiger partial charge in [-0.15, -0.1) is 6.58 Å². The molecule has 0 aromatic heterocycles. The molecule has 2 aromatic rings. The van der Waals surface area contributed by atoms with Crippen molar-refractivity contribution >= 4 is 23.0 Å². The summed E-state index contributed by atoms with van der Waals surface area (Å²) >= 11 is 6.38. The quantitative estimate of drug-likeness (QED) is 0.388. The Balaban J connectivity index is 1.68. The molecule has 2 aliphatic rings. The molecule has 33 heavy (non-hydrogen) atoms. The molecule has 0 amide bonds. The van der Waals surface area contributed by atoms with Crippen molar-refractivity contribution < 1.29 is 0 Å². The minimum atomic E-state index is 0.491. The van der Waals surface area contributed by atoms with E-state index in [0.717, 1.165) is 54.9 Å². The Hall–Kier alpha value is -2.19. The van der Waals surface area contributed by atoms with Gasteiger partial charge in [0.2, 0.25) is 0 Å². The standard InChI is InChI=1S/C30H39ClN2/c1-6-8-23-16-27(31)12-14-29(23)26-15-24-10-9-22(21(4)32-5)17-30(24)33(19-26)18-25-11-13-28(25)20(3)7-2/h7,9-10,12,14,16-17,20,25-26,28,32H,2,4,6,8,11,13,15,18-19H2,1,3,5H3. The number of anilines is 1. The Labute approximate surface area is 205 Å². The number of benzene rings is 2. The second-order valence-electron chi connectivity index (χ2n) is 10.1. The van der Waals surface area contributed by atoms with Crippen molar-refractivity contribution in [2.24, 2.45) is 17.8 Å². The molecular weight excluding hydrogens is 424 g/mol. The predicted molar refractivity (Wildman–Crippen MR) is 144 cm³/mol. The molecule has 0 spiro atoms. The minimum absolute atomic E-state index is 0.491. The van der Waals surface area contributed by atoms with Crippen molar-refractivity contribution in [1.29, 1.82) is 0 Å². The third-order valence-corrected chi connectivity index (χ3v) is 8.26. The first kappa shape index (κ1) is 24.0. The number of rotatable bonds is 9. The van der Waals surface area contributed by atoms with Gasteiger partial charge in [0.15, 0.2) is 0 Å². The third-order valence-electron chi connectivity index (χ3n) is 8.03. The summed E-state index contributed by atoms with van der Waals surface area (Å²) in [4.78, 5) is 2.67. The summed E-state index contributed by atoms with van der Waals surface area (Å²) in [7, 11) is 1.95. The molecule has 1 aliphatic heterocycles. The minimum Gasteiger partial charge on any atom is -0.388 e. The van der Waals surface area contributed by atoms with Gasteiger partial charge in [0, 0.05) is 42.5 Å². The van der Waals surface area contributed by atoms with Crippen LogP contribution < -0.4 is 10.2 Å². The molecule has 0 saturated heterocycles. The van der Waals surface area contributed by atoms with Crippen molar-refractivity contribution in [3.05, 3.63) is 82.9 Å². The van der Waals surface area contributed by atoms with E-state index in [2.05, 4.69) is 79.7 Å². The van der Waals surface area contributed by atoms with Crippen LogP contribution in [0.4, 0.5) is 5.69 Å². The van der Waals surface area contributed by atoms with Crippen LogP contribution in [0.2, 0.25) is 5.02 Å². The maximum Gasteiger partial charge on any atom is 0.0408 e.